The Labute approximate surface area is 113 Å². The van der Waals surface area contributed by atoms with Gasteiger partial charge in [0.2, 0.25) is 0 Å². The number of carbonyl (C=O) groups is 1. The van der Waals surface area contributed by atoms with Crippen LogP contribution < -0.4 is 5.32 Å². The molecule has 2 unspecified atom stereocenters. The lowest BCUT2D eigenvalue weighted by atomic mass is 9.85. The number of hydrogen-bond acceptors (Lipinski definition) is 3. The summed E-state index contributed by atoms with van der Waals surface area (Å²) < 4.78 is 0. The van der Waals surface area contributed by atoms with Gasteiger partial charge in [0.1, 0.15) is 0 Å². The van der Waals surface area contributed by atoms with Crippen molar-refractivity contribution in [2.24, 2.45) is 5.92 Å². The van der Waals surface area contributed by atoms with E-state index in [0.29, 0.717) is 12.8 Å². The van der Waals surface area contributed by atoms with Gasteiger partial charge < -0.3 is 10.4 Å². The Morgan fingerprint density at radius 3 is 2.74 bits per heavy atom. The minimum Gasteiger partial charge on any atom is -0.481 e. The molecule has 2 rings (SSSR count). The van der Waals surface area contributed by atoms with Crippen LogP contribution in [0.1, 0.15) is 31.2 Å². The molecule has 0 aromatic heterocycles. The molecular formula is C15H18N2O2. The van der Waals surface area contributed by atoms with E-state index >= 15 is 0 Å². The highest BCUT2D eigenvalue weighted by atomic mass is 16.4. The summed E-state index contributed by atoms with van der Waals surface area (Å²) in [4.78, 5) is 11.0. The van der Waals surface area contributed by atoms with E-state index in [1.165, 1.54) is 0 Å². The minimum atomic E-state index is -0.684. The average Bonchev–Trinajstić information content (AvgIpc) is 2.42. The Hall–Kier alpha value is -2.02. The third-order valence-electron chi connectivity index (χ3n) is 3.63. The molecule has 0 saturated heterocycles. The van der Waals surface area contributed by atoms with Crippen LogP contribution in [0.2, 0.25) is 0 Å². The van der Waals surface area contributed by atoms with Crippen LogP contribution in [0.15, 0.2) is 24.3 Å². The van der Waals surface area contributed by atoms with Crippen molar-refractivity contribution >= 4 is 11.7 Å². The van der Waals surface area contributed by atoms with Crippen LogP contribution in [-0.4, -0.2) is 17.1 Å². The number of rotatable bonds is 4. The maximum absolute atomic E-state index is 11.0. The lowest BCUT2D eigenvalue weighted by molar-refractivity contribution is -0.142. The summed E-state index contributed by atoms with van der Waals surface area (Å²) in [6.45, 7) is 0. The van der Waals surface area contributed by atoms with Gasteiger partial charge in [0.05, 0.1) is 18.4 Å². The van der Waals surface area contributed by atoms with Gasteiger partial charge in [-0.25, -0.2) is 0 Å². The second kappa shape index (κ2) is 6.24. The Morgan fingerprint density at radius 1 is 1.37 bits per heavy atom. The second-order valence-corrected chi connectivity index (χ2v) is 5.07. The Bertz CT molecular complexity index is 476. The number of carboxylic acids is 1. The standard InChI is InChI=1S/C15H18N2O2/c16-9-8-11-4-6-13(7-5-11)17-14-3-1-2-12(10-14)15(18)19/h4-7,12,14,17H,1-3,8,10H2,(H,18,19). The van der Waals surface area contributed by atoms with Gasteiger partial charge in [0.25, 0.3) is 0 Å². The molecule has 1 saturated carbocycles. The highest BCUT2D eigenvalue weighted by molar-refractivity contribution is 5.70. The van der Waals surface area contributed by atoms with E-state index in [0.717, 1.165) is 30.5 Å². The number of benzene rings is 1. The number of anilines is 1. The minimum absolute atomic E-state index is 0.218. The van der Waals surface area contributed by atoms with E-state index in [1.807, 2.05) is 24.3 Å². The SMILES string of the molecule is N#CCc1ccc(NC2CCCC(C(=O)O)C2)cc1. The molecule has 0 aliphatic heterocycles. The maximum Gasteiger partial charge on any atom is 0.306 e. The fourth-order valence-corrected chi connectivity index (χ4v) is 2.59. The largest absolute Gasteiger partial charge is 0.481 e. The monoisotopic (exact) mass is 258 g/mol. The van der Waals surface area contributed by atoms with Crippen molar-refractivity contribution in [1.82, 2.24) is 0 Å². The van der Waals surface area contributed by atoms with Crippen molar-refractivity contribution in [3.05, 3.63) is 29.8 Å². The first-order valence-electron chi connectivity index (χ1n) is 6.64. The molecule has 2 atom stereocenters. The Morgan fingerprint density at radius 2 is 2.11 bits per heavy atom. The molecule has 19 heavy (non-hydrogen) atoms. The number of aliphatic carboxylic acids is 1. The van der Waals surface area contributed by atoms with Gasteiger partial charge >= 0.3 is 5.97 Å². The zero-order valence-corrected chi connectivity index (χ0v) is 10.8. The number of nitrogens with one attached hydrogen (secondary N) is 1. The first-order valence-corrected chi connectivity index (χ1v) is 6.64. The van der Waals surface area contributed by atoms with E-state index in [4.69, 9.17) is 10.4 Å². The van der Waals surface area contributed by atoms with Crippen molar-refractivity contribution < 1.29 is 9.90 Å². The normalized spacial score (nSPS) is 22.5. The molecule has 0 heterocycles. The molecule has 1 aliphatic rings. The van der Waals surface area contributed by atoms with E-state index in [2.05, 4.69) is 11.4 Å². The third-order valence-corrected chi connectivity index (χ3v) is 3.63. The van der Waals surface area contributed by atoms with E-state index in [1.54, 1.807) is 0 Å². The van der Waals surface area contributed by atoms with Crippen molar-refractivity contribution in [3.63, 3.8) is 0 Å². The van der Waals surface area contributed by atoms with Gasteiger partial charge in [-0.1, -0.05) is 18.6 Å². The molecule has 1 aliphatic carbocycles. The first kappa shape index (κ1) is 13.4. The van der Waals surface area contributed by atoms with Gasteiger partial charge in [0, 0.05) is 11.7 Å². The molecule has 1 aromatic carbocycles. The quantitative estimate of drug-likeness (QED) is 0.871. The number of carboxylic acid groups (broad SMARTS) is 1. The molecule has 1 fully saturated rings. The zero-order valence-electron chi connectivity index (χ0n) is 10.8. The maximum atomic E-state index is 11.0. The summed E-state index contributed by atoms with van der Waals surface area (Å²) >= 11 is 0. The van der Waals surface area contributed by atoms with E-state index in [9.17, 15) is 4.79 Å². The summed E-state index contributed by atoms with van der Waals surface area (Å²) in [5.41, 5.74) is 2.00. The second-order valence-electron chi connectivity index (χ2n) is 5.07. The van der Waals surface area contributed by atoms with Gasteiger partial charge in [-0.05, 0) is 37.0 Å². The fourth-order valence-electron chi connectivity index (χ4n) is 2.59. The number of nitrogens with zero attached hydrogens (tertiary/aromatic N) is 1. The van der Waals surface area contributed by atoms with Crippen molar-refractivity contribution in [2.75, 3.05) is 5.32 Å². The van der Waals surface area contributed by atoms with Crippen LogP contribution in [0.5, 0.6) is 0 Å². The highest BCUT2D eigenvalue weighted by Crippen LogP contribution is 2.27. The molecule has 0 spiro atoms. The summed E-state index contributed by atoms with van der Waals surface area (Å²) in [5, 5.41) is 21.1. The van der Waals surface area contributed by atoms with Crippen LogP contribution in [0.25, 0.3) is 0 Å². The van der Waals surface area contributed by atoms with Crippen LogP contribution in [0, 0.1) is 17.2 Å². The zero-order chi connectivity index (χ0) is 13.7. The topological polar surface area (TPSA) is 73.1 Å². The number of hydrogen-bond donors (Lipinski definition) is 2. The summed E-state index contributed by atoms with van der Waals surface area (Å²) in [7, 11) is 0. The molecule has 2 N–H and O–H groups in total. The fraction of sp³-hybridized carbons (Fsp3) is 0.467. The van der Waals surface area contributed by atoms with E-state index in [-0.39, 0.29) is 12.0 Å². The molecule has 0 bridgehead atoms. The number of nitriles is 1. The molecular weight excluding hydrogens is 240 g/mol. The molecule has 1 aromatic rings. The molecule has 0 radical (unpaired) electrons. The molecule has 0 amide bonds. The summed E-state index contributed by atoms with van der Waals surface area (Å²) in [6.07, 6.45) is 3.87. The molecule has 4 nitrogen and oxygen atoms in total. The van der Waals surface area contributed by atoms with Crippen molar-refractivity contribution in [2.45, 2.75) is 38.1 Å². The van der Waals surface area contributed by atoms with Gasteiger partial charge in [-0.3, -0.25) is 4.79 Å². The van der Waals surface area contributed by atoms with Crippen LogP contribution in [-0.2, 0) is 11.2 Å². The first-order chi connectivity index (χ1) is 9.19. The lowest BCUT2D eigenvalue weighted by Gasteiger charge is -2.28. The van der Waals surface area contributed by atoms with Crippen molar-refractivity contribution in [1.29, 1.82) is 5.26 Å². The average molecular weight is 258 g/mol. The summed E-state index contributed by atoms with van der Waals surface area (Å²) in [6, 6.07) is 10.1. The predicted molar refractivity (Wildman–Crippen MR) is 72.8 cm³/mol. The van der Waals surface area contributed by atoms with Gasteiger partial charge in [-0.15, -0.1) is 0 Å². The lowest BCUT2D eigenvalue weighted by Crippen LogP contribution is -2.30. The van der Waals surface area contributed by atoms with Gasteiger partial charge in [-0.2, -0.15) is 5.26 Å². The molecule has 4 heteroatoms. The Balaban J connectivity index is 1.93. The predicted octanol–water partition coefficient (Wildman–Crippen LogP) is 2.81. The van der Waals surface area contributed by atoms with Crippen LogP contribution >= 0.6 is 0 Å². The Kier molecular flexibility index (Phi) is 4.40. The molecule has 100 valence electrons. The van der Waals surface area contributed by atoms with Gasteiger partial charge in [0.15, 0.2) is 0 Å². The van der Waals surface area contributed by atoms with E-state index < -0.39 is 5.97 Å². The van der Waals surface area contributed by atoms with Crippen molar-refractivity contribution in [3.8, 4) is 6.07 Å². The summed E-state index contributed by atoms with van der Waals surface area (Å²) in [5.74, 6) is -0.903. The smallest absolute Gasteiger partial charge is 0.306 e. The third kappa shape index (κ3) is 3.72. The van der Waals surface area contributed by atoms with Crippen LogP contribution in [0.3, 0.4) is 0 Å². The highest BCUT2D eigenvalue weighted by Gasteiger charge is 2.26. The van der Waals surface area contributed by atoms with Crippen LogP contribution in [0.4, 0.5) is 5.69 Å².